The number of nitrogens with zero attached hydrogens (tertiary/aromatic N) is 2. The summed E-state index contributed by atoms with van der Waals surface area (Å²) in [6.45, 7) is 0.0994. The first-order chi connectivity index (χ1) is 18.2. The zero-order valence-corrected chi connectivity index (χ0v) is 21.5. The van der Waals surface area contributed by atoms with E-state index in [2.05, 4.69) is 19.9 Å². The average molecular weight is 559 g/mol. The van der Waals surface area contributed by atoms with E-state index < -0.39 is 32.0 Å². The number of hydrogen-bond acceptors (Lipinski definition) is 8. The lowest BCUT2D eigenvalue weighted by Gasteiger charge is -2.35. The van der Waals surface area contributed by atoms with Gasteiger partial charge in [-0.2, -0.15) is 18.2 Å². The molecule has 13 heteroatoms. The fraction of sp³-hybridized carbons (Fsp3) is 0.520. The Morgan fingerprint density at radius 3 is 2.55 bits per heavy atom. The van der Waals surface area contributed by atoms with Crippen molar-refractivity contribution in [2.24, 2.45) is 5.41 Å². The van der Waals surface area contributed by atoms with Gasteiger partial charge in [0.15, 0.2) is 5.75 Å². The number of ether oxygens (including phenoxy) is 2. The zero-order valence-electron chi connectivity index (χ0n) is 20.7. The van der Waals surface area contributed by atoms with Crippen LogP contribution in [0.5, 0.6) is 11.6 Å². The maximum atomic E-state index is 13.3. The summed E-state index contributed by atoms with van der Waals surface area (Å²) in [5, 5.41) is 11.7. The smallest absolute Gasteiger partial charge is 0.392 e. The highest BCUT2D eigenvalue weighted by molar-refractivity contribution is 7.97. The summed E-state index contributed by atoms with van der Waals surface area (Å²) in [5.74, 6) is -0.961. The summed E-state index contributed by atoms with van der Waals surface area (Å²) in [4.78, 5) is 20.5. The molecule has 1 saturated heterocycles. The normalized spacial score (nSPS) is 16.4. The molecule has 8 nitrogen and oxygen atoms in total. The molecule has 3 N–H and O–H groups in total. The highest BCUT2D eigenvalue weighted by atomic mass is 32.2. The number of aromatic nitrogens is 1. The quantitative estimate of drug-likeness (QED) is 0.192. The van der Waals surface area contributed by atoms with Crippen molar-refractivity contribution < 1.29 is 36.9 Å². The molecule has 4 rings (SSSR count). The zero-order chi connectivity index (χ0) is 27.2. The van der Waals surface area contributed by atoms with Crippen LogP contribution in [0, 0.1) is 5.41 Å². The molecule has 1 spiro atoms. The Balaban J connectivity index is 1.52. The van der Waals surface area contributed by atoms with Crippen molar-refractivity contribution in [1.29, 1.82) is 0 Å². The van der Waals surface area contributed by atoms with Crippen molar-refractivity contribution in [3.05, 3.63) is 35.9 Å². The number of alkyl halides is 4. The van der Waals surface area contributed by atoms with Gasteiger partial charge in [0.05, 0.1) is 30.9 Å². The molecule has 1 aliphatic heterocycles. The number of carbonyl (C=O) groups is 1. The van der Waals surface area contributed by atoms with Crippen LogP contribution in [-0.2, 0) is 0 Å². The number of aliphatic hydroxyl groups is 1. The van der Waals surface area contributed by atoms with Gasteiger partial charge in [-0.15, -0.1) is 0 Å². The first-order valence-electron chi connectivity index (χ1n) is 12.3. The molecule has 38 heavy (non-hydrogen) atoms. The van der Waals surface area contributed by atoms with E-state index in [1.54, 1.807) is 12.1 Å². The highest BCUT2D eigenvalue weighted by Gasteiger charge is 2.44. The molecule has 0 radical (unpaired) electrons. The second-order valence-corrected chi connectivity index (χ2v) is 10.3. The predicted octanol–water partition coefficient (Wildman–Crippen LogP) is 4.94. The van der Waals surface area contributed by atoms with Crippen molar-refractivity contribution in [1.82, 2.24) is 9.71 Å². The van der Waals surface area contributed by atoms with Gasteiger partial charge in [0.25, 0.3) is 11.8 Å². The standard InChI is InChI=1S/C25H30F4N4O4S/c26-16-37-20-3-4-21(32-23(20)36-14-9-25(27,28)29)31-22(35)18-2-1-17(38-30-10-13-34)15-19(18)33-11-7-24(5-6-24)8-12-33/h1-4,15,30,34H,5-14,16H2,(H,31,32,35). The van der Waals surface area contributed by atoms with E-state index in [1.807, 2.05) is 6.07 Å². The van der Waals surface area contributed by atoms with Gasteiger partial charge >= 0.3 is 6.18 Å². The number of aliphatic hydroxyl groups excluding tert-OH is 1. The Bertz CT molecular complexity index is 1110. The Morgan fingerprint density at radius 2 is 1.89 bits per heavy atom. The lowest BCUT2D eigenvalue weighted by Crippen LogP contribution is -2.35. The number of amides is 1. The minimum atomic E-state index is -4.44. The van der Waals surface area contributed by atoms with Gasteiger partial charge in [0, 0.05) is 24.5 Å². The van der Waals surface area contributed by atoms with Crippen molar-refractivity contribution >= 4 is 29.4 Å². The van der Waals surface area contributed by atoms with E-state index in [0.29, 0.717) is 17.5 Å². The van der Waals surface area contributed by atoms with Crippen molar-refractivity contribution in [2.75, 3.05) is 49.9 Å². The summed E-state index contributed by atoms with van der Waals surface area (Å²) in [6, 6.07) is 8.05. The van der Waals surface area contributed by atoms with Crippen LogP contribution in [0.3, 0.4) is 0 Å². The fourth-order valence-corrected chi connectivity index (χ4v) is 4.99. The molecule has 208 valence electrons. The second kappa shape index (κ2) is 12.4. The molecular weight excluding hydrogens is 528 g/mol. The molecule has 1 amide bonds. The number of carbonyl (C=O) groups excluding carboxylic acids is 1. The van der Waals surface area contributed by atoms with Gasteiger partial charge in [-0.1, -0.05) is 0 Å². The number of halogens is 4. The van der Waals surface area contributed by atoms with E-state index in [4.69, 9.17) is 14.6 Å². The maximum absolute atomic E-state index is 13.3. The van der Waals surface area contributed by atoms with Gasteiger partial charge < -0.3 is 24.8 Å². The van der Waals surface area contributed by atoms with Crippen LogP contribution in [0.4, 0.5) is 29.1 Å². The maximum Gasteiger partial charge on any atom is 0.392 e. The molecule has 2 aliphatic rings. The van der Waals surface area contributed by atoms with Gasteiger partial charge in [-0.3, -0.25) is 9.52 Å². The molecule has 1 aliphatic carbocycles. The van der Waals surface area contributed by atoms with Gasteiger partial charge in [-0.05, 0) is 73.4 Å². The van der Waals surface area contributed by atoms with E-state index in [-0.39, 0.29) is 24.1 Å². The Kier molecular flexibility index (Phi) is 9.21. The first kappa shape index (κ1) is 28.2. The minimum Gasteiger partial charge on any atom is -0.475 e. The summed E-state index contributed by atoms with van der Waals surface area (Å²) in [5.41, 5.74) is 1.62. The van der Waals surface area contributed by atoms with Gasteiger partial charge in [0.2, 0.25) is 6.86 Å². The topological polar surface area (TPSA) is 96.0 Å². The molecule has 1 aromatic heterocycles. The van der Waals surface area contributed by atoms with Crippen molar-refractivity contribution in [3.63, 3.8) is 0 Å². The van der Waals surface area contributed by atoms with Crippen LogP contribution in [0.1, 0.15) is 42.5 Å². The van der Waals surface area contributed by atoms with Gasteiger partial charge in [-0.25, -0.2) is 4.39 Å². The number of nitrogens with one attached hydrogen (secondary N) is 2. The minimum absolute atomic E-state index is 0.00137. The molecular formula is C25H30F4N4O4S. The molecule has 2 fully saturated rings. The lowest BCUT2D eigenvalue weighted by atomic mass is 9.93. The summed E-state index contributed by atoms with van der Waals surface area (Å²) in [6.07, 6.45) is -1.05. The SMILES string of the molecule is O=C(Nc1ccc(OCF)c(OCCC(F)(F)F)n1)c1ccc(SNCCO)cc1N1CCC2(CC1)CC2. The van der Waals surface area contributed by atoms with Gasteiger partial charge in [0.1, 0.15) is 5.82 Å². The molecule has 0 unspecified atom stereocenters. The van der Waals surface area contributed by atoms with Crippen LogP contribution in [0.15, 0.2) is 35.2 Å². The third-order valence-electron chi connectivity index (χ3n) is 6.64. The van der Waals surface area contributed by atoms with Crippen molar-refractivity contribution in [3.8, 4) is 11.6 Å². The number of anilines is 2. The predicted molar refractivity (Wildman–Crippen MR) is 135 cm³/mol. The molecule has 0 atom stereocenters. The average Bonchev–Trinajstić information content (AvgIpc) is 3.64. The first-order valence-corrected chi connectivity index (χ1v) is 13.1. The molecule has 2 aromatic rings. The third-order valence-corrected chi connectivity index (χ3v) is 7.48. The molecule has 1 saturated carbocycles. The largest absolute Gasteiger partial charge is 0.475 e. The van der Waals surface area contributed by atoms with E-state index in [0.717, 1.165) is 36.5 Å². The van der Waals surface area contributed by atoms with Crippen molar-refractivity contribution in [2.45, 2.75) is 43.2 Å². The van der Waals surface area contributed by atoms with E-state index in [9.17, 15) is 22.4 Å². The number of rotatable bonds is 12. The fourth-order valence-electron chi connectivity index (χ4n) is 4.32. The van der Waals surface area contributed by atoms with E-state index >= 15 is 0 Å². The van der Waals surface area contributed by atoms with Crippen LogP contribution < -0.4 is 24.4 Å². The molecule has 0 bridgehead atoms. The van der Waals surface area contributed by atoms with Crippen LogP contribution in [-0.4, -0.2) is 61.9 Å². The number of hydrogen-bond donors (Lipinski definition) is 3. The Hall–Kier alpha value is -2.77. The Labute approximate surface area is 222 Å². The highest BCUT2D eigenvalue weighted by Crippen LogP contribution is 2.54. The Morgan fingerprint density at radius 1 is 1.13 bits per heavy atom. The van der Waals surface area contributed by atoms with E-state index in [1.165, 1.54) is 36.9 Å². The molecule has 2 heterocycles. The number of benzene rings is 1. The number of pyridine rings is 1. The summed E-state index contributed by atoms with van der Waals surface area (Å²) >= 11 is 1.36. The van der Waals surface area contributed by atoms with Crippen LogP contribution in [0.25, 0.3) is 0 Å². The summed E-state index contributed by atoms with van der Waals surface area (Å²) < 4.78 is 63.2. The number of piperidine rings is 1. The summed E-state index contributed by atoms with van der Waals surface area (Å²) in [7, 11) is 0. The lowest BCUT2D eigenvalue weighted by molar-refractivity contribution is -0.139. The molecule has 1 aromatic carbocycles. The third kappa shape index (κ3) is 7.64. The van der Waals surface area contributed by atoms with Crippen LogP contribution in [0.2, 0.25) is 0 Å². The van der Waals surface area contributed by atoms with Crippen LogP contribution >= 0.6 is 11.9 Å². The monoisotopic (exact) mass is 558 g/mol. The second-order valence-electron chi connectivity index (χ2n) is 9.31.